The van der Waals surface area contributed by atoms with E-state index in [2.05, 4.69) is 4.90 Å². The van der Waals surface area contributed by atoms with Gasteiger partial charge in [0.15, 0.2) is 0 Å². The third kappa shape index (κ3) is 2.73. The lowest BCUT2D eigenvalue weighted by Gasteiger charge is -2.35. The number of likely N-dealkylation sites (tertiary alicyclic amines) is 1. The van der Waals surface area contributed by atoms with E-state index >= 15 is 0 Å². The van der Waals surface area contributed by atoms with E-state index in [4.69, 9.17) is 4.74 Å². The Morgan fingerprint density at radius 2 is 1.89 bits per heavy atom. The summed E-state index contributed by atoms with van der Waals surface area (Å²) < 4.78 is 5.54. The van der Waals surface area contributed by atoms with Gasteiger partial charge in [0.2, 0.25) is 0 Å². The normalized spacial score (nSPS) is 39.5. The molecule has 0 aromatic heterocycles. The van der Waals surface area contributed by atoms with Gasteiger partial charge in [0.25, 0.3) is 0 Å². The minimum atomic E-state index is -0.136. The van der Waals surface area contributed by atoms with Crippen molar-refractivity contribution in [1.29, 1.82) is 0 Å². The second-order valence-electron chi connectivity index (χ2n) is 6.44. The average molecular weight is 253 g/mol. The lowest BCUT2D eigenvalue weighted by molar-refractivity contribution is -0.0495. The molecule has 3 nitrogen and oxygen atoms in total. The standard InChI is InChI=1S/C15H27NO2/c17-15-7-9-18-11-13(15)10-16-8-3-6-14(16)12-4-1-2-5-12/h12-15,17H,1-11H2. The van der Waals surface area contributed by atoms with Crippen LogP contribution in [-0.4, -0.2) is 48.5 Å². The number of aliphatic hydroxyl groups is 1. The molecule has 0 bridgehead atoms. The van der Waals surface area contributed by atoms with Gasteiger partial charge in [-0.05, 0) is 44.6 Å². The van der Waals surface area contributed by atoms with Gasteiger partial charge in [-0.3, -0.25) is 4.90 Å². The zero-order valence-corrected chi connectivity index (χ0v) is 11.4. The fraction of sp³-hybridized carbons (Fsp3) is 1.00. The van der Waals surface area contributed by atoms with E-state index in [0.717, 1.165) is 38.1 Å². The fourth-order valence-corrected chi connectivity index (χ4v) is 4.22. The second-order valence-corrected chi connectivity index (χ2v) is 6.44. The molecule has 18 heavy (non-hydrogen) atoms. The Balaban J connectivity index is 1.56. The molecule has 104 valence electrons. The van der Waals surface area contributed by atoms with E-state index in [1.54, 1.807) is 0 Å². The van der Waals surface area contributed by atoms with Crippen molar-refractivity contribution in [3.63, 3.8) is 0 Å². The van der Waals surface area contributed by atoms with E-state index in [9.17, 15) is 5.11 Å². The van der Waals surface area contributed by atoms with Crippen molar-refractivity contribution in [3.05, 3.63) is 0 Å². The highest BCUT2D eigenvalue weighted by molar-refractivity contribution is 4.89. The molecule has 2 heterocycles. The van der Waals surface area contributed by atoms with Gasteiger partial charge in [0.05, 0.1) is 12.7 Å². The minimum Gasteiger partial charge on any atom is -0.393 e. The molecule has 0 radical (unpaired) electrons. The molecule has 1 N–H and O–H groups in total. The molecule has 3 aliphatic rings. The van der Waals surface area contributed by atoms with E-state index in [1.807, 2.05) is 0 Å². The third-order valence-corrected chi connectivity index (χ3v) is 5.26. The Morgan fingerprint density at radius 1 is 1.06 bits per heavy atom. The van der Waals surface area contributed by atoms with Gasteiger partial charge >= 0.3 is 0 Å². The van der Waals surface area contributed by atoms with Crippen molar-refractivity contribution in [3.8, 4) is 0 Å². The molecule has 2 aliphatic heterocycles. The molecule has 3 rings (SSSR count). The quantitative estimate of drug-likeness (QED) is 0.835. The second kappa shape index (κ2) is 5.89. The molecular weight excluding hydrogens is 226 g/mol. The first-order valence-electron chi connectivity index (χ1n) is 7.84. The first kappa shape index (κ1) is 12.9. The Morgan fingerprint density at radius 3 is 2.67 bits per heavy atom. The number of aliphatic hydroxyl groups excluding tert-OH is 1. The first-order chi connectivity index (χ1) is 8.84. The minimum absolute atomic E-state index is 0.136. The van der Waals surface area contributed by atoms with Gasteiger partial charge in [-0.15, -0.1) is 0 Å². The van der Waals surface area contributed by atoms with Gasteiger partial charge in [0, 0.05) is 25.1 Å². The molecule has 0 aromatic rings. The highest BCUT2D eigenvalue weighted by Gasteiger charge is 2.35. The summed E-state index contributed by atoms with van der Waals surface area (Å²) in [5.74, 6) is 1.29. The smallest absolute Gasteiger partial charge is 0.0624 e. The molecule has 1 aliphatic carbocycles. The van der Waals surface area contributed by atoms with Gasteiger partial charge in [-0.2, -0.15) is 0 Å². The zero-order chi connectivity index (χ0) is 12.4. The number of ether oxygens (including phenoxy) is 1. The van der Waals surface area contributed by atoms with Crippen molar-refractivity contribution in [2.75, 3.05) is 26.3 Å². The molecule has 0 spiro atoms. The topological polar surface area (TPSA) is 32.7 Å². The Labute approximate surface area is 110 Å². The fourth-order valence-electron chi connectivity index (χ4n) is 4.22. The average Bonchev–Trinajstić information content (AvgIpc) is 3.02. The molecule has 0 amide bonds. The van der Waals surface area contributed by atoms with Crippen LogP contribution in [0.3, 0.4) is 0 Å². The maximum absolute atomic E-state index is 10.1. The largest absolute Gasteiger partial charge is 0.393 e. The van der Waals surface area contributed by atoms with Gasteiger partial charge in [-0.25, -0.2) is 0 Å². The van der Waals surface area contributed by atoms with Crippen LogP contribution in [0.5, 0.6) is 0 Å². The predicted molar refractivity (Wildman–Crippen MR) is 71.5 cm³/mol. The van der Waals surface area contributed by atoms with Gasteiger partial charge in [-0.1, -0.05) is 12.8 Å². The van der Waals surface area contributed by atoms with Crippen LogP contribution in [0.2, 0.25) is 0 Å². The van der Waals surface area contributed by atoms with Gasteiger partial charge < -0.3 is 9.84 Å². The summed E-state index contributed by atoms with van der Waals surface area (Å²) in [5, 5.41) is 10.1. The zero-order valence-electron chi connectivity index (χ0n) is 11.4. The maximum Gasteiger partial charge on any atom is 0.0624 e. The van der Waals surface area contributed by atoms with Crippen molar-refractivity contribution >= 4 is 0 Å². The van der Waals surface area contributed by atoms with Crippen LogP contribution < -0.4 is 0 Å². The van der Waals surface area contributed by atoms with Crippen LogP contribution in [0, 0.1) is 11.8 Å². The van der Waals surface area contributed by atoms with Crippen LogP contribution in [0.15, 0.2) is 0 Å². The predicted octanol–water partition coefficient (Wildman–Crippen LogP) is 2.04. The summed E-state index contributed by atoms with van der Waals surface area (Å²) in [6.45, 7) is 3.80. The van der Waals surface area contributed by atoms with E-state index in [1.165, 1.54) is 45.1 Å². The number of nitrogens with zero attached hydrogens (tertiary/aromatic N) is 1. The van der Waals surface area contributed by atoms with Crippen molar-refractivity contribution < 1.29 is 9.84 Å². The van der Waals surface area contributed by atoms with Crippen molar-refractivity contribution in [2.45, 2.75) is 57.1 Å². The SMILES string of the molecule is OC1CCOCC1CN1CCCC1C1CCCC1. The lowest BCUT2D eigenvalue weighted by atomic mass is 9.93. The number of hydrogen-bond acceptors (Lipinski definition) is 3. The van der Waals surface area contributed by atoms with E-state index in [-0.39, 0.29) is 6.10 Å². The van der Waals surface area contributed by atoms with Crippen LogP contribution in [0.1, 0.15) is 44.9 Å². The molecule has 1 saturated carbocycles. The van der Waals surface area contributed by atoms with E-state index < -0.39 is 0 Å². The van der Waals surface area contributed by atoms with Crippen LogP contribution in [0.25, 0.3) is 0 Å². The Kier molecular flexibility index (Phi) is 4.22. The highest BCUT2D eigenvalue weighted by Crippen LogP contribution is 2.36. The molecular formula is C15H27NO2. The molecule has 2 saturated heterocycles. The van der Waals surface area contributed by atoms with Gasteiger partial charge in [0.1, 0.15) is 0 Å². The molecule has 0 aromatic carbocycles. The third-order valence-electron chi connectivity index (χ3n) is 5.26. The van der Waals surface area contributed by atoms with Crippen LogP contribution in [-0.2, 0) is 4.74 Å². The molecule has 3 unspecified atom stereocenters. The lowest BCUT2D eigenvalue weighted by Crippen LogP contribution is -2.44. The summed E-state index contributed by atoms with van der Waals surface area (Å²) in [6, 6.07) is 0.807. The van der Waals surface area contributed by atoms with E-state index in [0.29, 0.717) is 5.92 Å². The Hall–Kier alpha value is -0.120. The van der Waals surface area contributed by atoms with Crippen molar-refractivity contribution in [1.82, 2.24) is 4.90 Å². The molecule has 3 atom stereocenters. The van der Waals surface area contributed by atoms with Crippen molar-refractivity contribution in [2.24, 2.45) is 11.8 Å². The number of rotatable bonds is 3. The maximum atomic E-state index is 10.1. The summed E-state index contributed by atoms with van der Waals surface area (Å²) in [7, 11) is 0. The monoisotopic (exact) mass is 253 g/mol. The van der Waals surface area contributed by atoms with Crippen LogP contribution >= 0.6 is 0 Å². The summed E-state index contributed by atoms with van der Waals surface area (Å²) >= 11 is 0. The summed E-state index contributed by atoms with van der Waals surface area (Å²) in [4.78, 5) is 2.67. The first-order valence-corrected chi connectivity index (χ1v) is 7.84. The molecule has 3 fully saturated rings. The molecule has 3 heteroatoms. The van der Waals surface area contributed by atoms with Crippen LogP contribution in [0.4, 0.5) is 0 Å². The summed E-state index contributed by atoms with van der Waals surface area (Å²) in [5.41, 5.74) is 0. The highest BCUT2D eigenvalue weighted by atomic mass is 16.5. The number of hydrogen-bond donors (Lipinski definition) is 1. The Bertz CT molecular complexity index is 265. The summed E-state index contributed by atoms with van der Waals surface area (Å²) in [6.07, 6.45) is 9.17.